The zero-order valence-corrected chi connectivity index (χ0v) is 11.8. The Bertz CT molecular complexity index is 376. The van der Waals surface area contributed by atoms with Gasteiger partial charge < -0.3 is 0 Å². The molecule has 1 aromatic rings. The lowest BCUT2D eigenvalue weighted by Gasteiger charge is -2.29. The molecule has 1 aliphatic rings. The second-order valence-electron chi connectivity index (χ2n) is 6.21. The molecule has 0 nitrogen and oxygen atoms in total. The Kier molecular flexibility index (Phi) is 3.91. The smallest absolute Gasteiger partial charge is 0.0136 e. The van der Waals surface area contributed by atoms with Crippen molar-refractivity contribution in [3.05, 3.63) is 34.9 Å². The van der Waals surface area contributed by atoms with Gasteiger partial charge in [-0.05, 0) is 60.6 Å². The van der Waals surface area contributed by atoms with Crippen LogP contribution in [0.3, 0.4) is 0 Å². The molecular formula is C17H26. The van der Waals surface area contributed by atoms with Gasteiger partial charge in [-0.15, -0.1) is 0 Å². The standard InChI is InChI=1S/C17H26/c1-12(2)15-10-8-13(3)9-11-16-14(4)6-5-7-17(15)16/h5-7,12-13,15H,8-11H2,1-4H3. The molecule has 0 N–H and O–H groups in total. The third kappa shape index (κ3) is 2.73. The van der Waals surface area contributed by atoms with Crippen molar-refractivity contribution in [2.24, 2.45) is 11.8 Å². The molecule has 0 heterocycles. The minimum atomic E-state index is 0.765. The summed E-state index contributed by atoms with van der Waals surface area (Å²) >= 11 is 0. The van der Waals surface area contributed by atoms with Crippen molar-refractivity contribution in [2.45, 2.75) is 59.3 Å². The number of aryl methyl sites for hydroxylation is 1. The van der Waals surface area contributed by atoms with E-state index in [1.54, 1.807) is 11.1 Å². The van der Waals surface area contributed by atoms with Crippen molar-refractivity contribution in [3.8, 4) is 0 Å². The summed E-state index contributed by atoms with van der Waals surface area (Å²) in [5.41, 5.74) is 4.80. The van der Waals surface area contributed by atoms with Gasteiger partial charge in [0, 0.05) is 0 Å². The Hall–Kier alpha value is -0.780. The second-order valence-corrected chi connectivity index (χ2v) is 6.21. The summed E-state index contributed by atoms with van der Waals surface area (Å²) in [4.78, 5) is 0. The Labute approximate surface area is 106 Å². The summed E-state index contributed by atoms with van der Waals surface area (Å²) in [5.74, 6) is 2.43. The SMILES string of the molecule is Cc1cccc2c1CCC(C)CCC2C(C)C. The molecule has 1 aromatic carbocycles. The third-order valence-electron chi connectivity index (χ3n) is 4.51. The first-order valence-electron chi connectivity index (χ1n) is 7.18. The summed E-state index contributed by atoms with van der Waals surface area (Å²) in [7, 11) is 0. The van der Waals surface area contributed by atoms with Crippen molar-refractivity contribution in [1.29, 1.82) is 0 Å². The van der Waals surface area contributed by atoms with Crippen LogP contribution in [0.15, 0.2) is 18.2 Å². The third-order valence-corrected chi connectivity index (χ3v) is 4.51. The van der Waals surface area contributed by atoms with Crippen molar-refractivity contribution < 1.29 is 0 Å². The topological polar surface area (TPSA) is 0 Å². The molecule has 2 unspecified atom stereocenters. The van der Waals surface area contributed by atoms with E-state index in [4.69, 9.17) is 0 Å². The molecule has 0 fully saturated rings. The first-order chi connectivity index (χ1) is 8.09. The summed E-state index contributed by atoms with van der Waals surface area (Å²) in [6.07, 6.45) is 5.42. The maximum Gasteiger partial charge on any atom is -0.0136 e. The van der Waals surface area contributed by atoms with Gasteiger partial charge in [0.25, 0.3) is 0 Å². The van der Waals surface area contributed by atoms with Gasteiger partial charge in [-0.1, -0.05) is 45.4 Å². The van der Waals surface area contributed by atoms with Gasteiger partial charge in [0.15, 0.2) is 0 Å². The Balaban J connectivity index is 2.41. The quantitative estimate of drug-likeness (QED) is 0.630. The van der Waals surface area contributed by atoms with Gasteiger partial charge in [-0.2, -0.15) is 0 Å². The highest BCUT2D eigenvalue weighted by Crippen LogP contribution is 2.37. The molecule has 1 aliphatic carbocycles. The second kappa shape index (κ2) is 5.25. The largest absolute Gasteiger partial charge is 0.0625 e. The van der Waals surface area contributed by atoms with Crippen LogP contribution >= 0.6 is 0 Å². The van der Waals surface area contributed by atoms with Crippen LogP contribution in [0.4, 0.5) is 0 Å². The summed E-state index contributed by atoms with van der Waals surface area (Å²) < 4.78 is 0. The van der Waals surface area contributed by atoms with Gasteiger partial charge in [0.1, 0.15) is 0 Å². The lowest BCUT2D eigenvalue weighted by atomic mass is 9.76. The summed E-state index contributed by atoms with van der Waals surface area (Å²) in [6, 6.07) is 6.90. The minimum Gasteiger partial charge on any atom is -0.0625 e. The molecular weight excluding hydrogens is 204 g/mol. The van der Waals surface area contributed by atoms with Gasteiger partial charge in [-0.3, -0.25) is 0 Å². The van der Waals surface area contributed by atoms with E-state index in [0.29, 0.717) is 0 Å². The van der Waals surface area contributed by atoms with E-state index in [2.05, 4.69) is 45.9 Å². The highest BCUT2D eigenvalue weighted by Gasteiger charge is 2.23. The van der Waals surface area contributed by atoms with Crippen molar-refractivity contribution in [3.63, 3.8) is 0 Å². The van der Waals surface area contributed by atoms with Crippen molar-refractivity contribution in [2.75, 3.05) is 0 Å². The highest BCUT2D eigenvalue weighted by molar-refractivity contribution is 5.37. The average Bonchev–Trinajstić information content (AvgIpc) is 2.25. The fraction of sp³-hybridized carbons (Fsp3) is 0.647. The van der Waals surface area contributed by atoms with Crippen LogP contribution in [0, 0.1) is 18.8 Å². The predicted molar refractivity (Wildman–Crippen MR) is 75.5 cm³/mol. The predicted octanol–water partition coefficient (Wildman–Crippen LogP) is 5.10. The number of fused-ring (bicyclic) bond motifs is 1. The molecule has 0 amide bonds. The molecule has 0 bridgehead atoms. The molecule has 94 valence electrons. The van der Waals surface area contributed by atoms with Crippen LogP contribution in [0.5, 0.6) is 0 Å². The first kappa shape index (κ1) is 12.7. The van der Waals surface area contributed by atoms with Gasteiger partial charge in [0.05, 0.1) is 0 Å². The normalized spacial score (nSPS) is 25.2. The van der Waals surface area contributed by atoms with Gasteiger partial charge in [-0.25, -0.2) is 0 Å². The summed E-state index contributed by atoms with van der Waals surface area (Å²) in [5, 5.41) is 0. The van der Waals surface area contributed by atoms with E-state index in [9.17, 15) is 0 Å². The molecule has 0 aliphatic heterocycles. The number of hydrogen-bond donors (Lipinski definition) is 0. The molecule has 0 saturated heterocycles. The fourth-order valence-electron chi connectivity index (χ4n) is 3.26. The van der Waals surface area contributed by atoms with Crippen molar-refractivity contribution >= 4 is 0 Å². The number of benzene rings is 1. The average molecular weight is 230 g/mol. The molecule has 0 saturated carbocycles. The van der Waals surface area contributed by atoms with E-state index in [1.165, 1.54) is 31.2 Å². The zero-order chi connectivity index (χ0) is 12.4. The van der Waals surface area contributed by atoms with Crippen LogP contribution in [0.2, 0.25) is 0 Å². The van der Waals surface area contributed by atoms with Gasteiger partial charge >= 0.3 is 0 Å². The first-order valence-corrected chi connectivity index (χ1v) is 7.18. The van der Waals surface area contributed by atoms with E-state index >= 15 is 0 Å². The molecule has 17 heavy (non-hydrogen) atoms. The van der Waals surface area contributed by atoms with E-state index in [1.807, 2.05) is 0 Å². The van der Waals surface area contributed by atoms with Crippen LogP contribution in [-0.4, -0.2) is 0 Å². The van der Waals surface area contributed by atoms with E-state index in [0.717, 1.165) is 17.8 Å². The molecule has 0 heteroatoms. The lowest BCUT2D eigenvalue weighted by molar-refractivity contribution is 0.379. The van der Waals surface area contributed by atoms with Crippen LogP contribution in [-0.2, 0) is 6.42 Å². The molecule has 2 rings (SSSR count). The maximum absolute atomic E-state index is 2.42. The monoisotopic (exact) mass is 230 g/mol. The van der Waals surface area contributed by atoms with Gasteiger partial charge in [0.2, 0.25) is 0 Å². The van der Waals surface area contributed by atoms with Crippen LogP contribution in [0.1, 0.15) is 62.6 Å². The maximum atomic E-state index is 2.42. The zero-order valence-electron chi connectivity index (χ0n) is 11.8. The highest BCUT2D eigenvalue weighted by atomic mass is 14.3. The Morgan fingerprint density at radius 1 is 1.12 bits per heavy atom. The van der Waals surface area contributed by atoms with E-state index < -0.39 is 0 Å². The molecule has 2 atom stereocenters. The fourth-order valence-corrected chi connectivity index (χ4v) is 3.26. The Morgan fingerprint density at radius 3 is 2.59 bits per heavy atom. The van der Waals surface area contributed by atoms with E-state index in [-0.39, 0.29) is 0 Å². The van der Waals surface area contributed by atoms with Crippen molar-refractivity contribution in [1.82, 2.24) is 0 Å². The number of hydrogen-bond acceptors (Lipinski definition) is 0. The molecule has 0 aromatic heterocycles. The molecule has 0 spiro atoms. The van der Waals surface area contributed by atoms with Crippen LogP contribution < -0.4 is 0 Å². The lowest BCUT2D eigenvalue weighted by Crippen LogP contribution is -2.15. The Morgan fingerprint density at radius 2 is 1.88 bits per heavy atom. The summed E-state index contributed by atoms with van der Waals surface area (Å²) in [6.45, 7) is 9.45. The van der Waals surface area contributed by atoms with Crippen LogP contribution in [0.25, 0.3) is 0 Å². The number of rotatable bonds is 1. The molecule has 0 radical (unpaired) electrons. The minimum absolute atomic E-state index is 0.765.